The number of nitrogens with one attached hydrogen (secondary N) is 2. The standard InChI is InChI=1S/C22H27BrN2O3/c1-13-11-18(23)12-14(2)19(13)28-15(3)20(26)24-25-21(27)16-7-9-17(10-8-16)22(4,5)6/h7-12,15H,1-6H3,(H,24,26)(H,25,27). The second-order valence-electron chi connectivity index (χ2n) is 7.90. The highest BCUT2D eigenvalue weighted by Gasteiger charge is 2.19. The molecule has 6 heteroatoms. The van der Waals surface area contributed by atoms with Gasteiger partial charge in [-0.05, 0) is 67.1 Å². The van der Waals surface area contributed by atoms with E-state index in [1.54, 1.807) is 19.1 Å². The highest BCUT2D eigenvalue weighted by Crippen LogP contribution is 2.28. The van der Waals surface area contributed by atoms with E-state index in [-0.39, 0.29) is 11.3 Å². The minimum absolute atomic E-state index is 0.0132. The average Bonchev–Trinajstić information content (AvgIpc) is 2.61. The molecule has 2 amide bonds. The van der Waals surface area contributed by atoms with Crippen molar-refractivity contribution < 1.29 is 14.3 Å². The van der Waals surface area contributed by atoms with Crippen LogP contribution in [0.2, 0.25) is 0 Å². The summed E-state index contributed by atoms with van der Waals surface area (Å²) < 4.78 is 6.75. The minimum Gasteiger partial charge on any atom is -0.480 e. The van der Waals surface area contributed by atoms with Gasteiger partial charge in [0.15, 0.2) is 6.10 Å². The lowest BCUT2D eigenvalue weighted by molar-refractivity contribution is -0.128. The summed E-state index contributed by atoms with van der Waals surface area (Å²) in [5, 5.41) is 0. The Hall–Kier alpha value is -2.34. The fraction of sp³-hybridized carbons (Fsp3) is 0.364. The number of hydrazine groups is 1. The summed E-state index contributed by atoms with van der Waals surface area (Å²) in [4.78, 5) is 24.6. The van der Waals surface area contributed by atoms with E-state index in [1.165, 1.54) is 0 Å². The van der Waals surface area contributed by atoms with Crippen LogP contribution in [0.1, 0.15) is 54.7 Å². The van der Waals surface area contributed by atoms with E-state index in [1.807, 2.05) is 38.1 Å². The fourth-order valence-electron chi connectivity index (χ4n) is 2.73. The van der Waals surface area contributed by atoms with Crippen molar-refractivity contribution in [3.63, 3.8) is 0 Å². The predicted molar refractivity (Wildman–Crippen MR) is 114 cm³/mol. The zero-order valence-corrected chi connectivity index (χ0v) is 18.7. The second-order valence-corrected chi connectivity index (χ2v) is 8.82. The molecule has 0 saturated heterocycles. The van der Waals surface area contributed by atoms with Crippen LogP contribution >= 0.6 is 15.9 Å². The van der Waals surface area contributed by atoms with Crippen molar-refractivity contribution in [2.75, 3.05) is 0 Å². The topological polar surface area (TPSA) is 67.4 Å². The van der Waals surface area contributed by atoms with Crippen LogP contribution in [-0.2, 0) is 10.2 Å². The van der Waals surface area contributed by atoms with Crippen LogP contribution in [0.4, 0.5) is 0 Å². The number of carbonyl (C=O) groups is 2. The lowest BCUT2D eigenvalue weighted by Crippen LogP contribution is -2.47. The highest BCUT2D eigenvalue weighted by atomic mass is 79.9. The van der Waals surface area contributed by atoms with Gasteiger partial charge < -0.3 is 4.74 Å². The van der Waals surface area contributed by atoms with Crippen LogP contribution in [0.15, 0.2) is 40.9 Å². The third-order valence-electron chi connectivity index (χ3n) is 4.40. The molecule has 0 fully saturated rings. The molecule has 2 aromatic carbocycles. The summed E-state index contributed by atoms with van der Waals surface area (Å²) in [7, 11) is 0. The van der Waals surface area contributed by atoms with Gasteiger partial charge >= 0.3 is 0 Å². The Morgan fingerprint density at radius 2 is 1.54 bits per heavy atom. The zero-order chi connectivity index (χ0) is 21.1. The molecule has 0 heterocycles. The normalized spacial score (nSPS) is 12.2. The summed E-state index contributed by atoms with van der Waals surface area (Å²) in [5.41, 5.74) is 8.33. The van der Waals surface area contributed by atoms with Crippen molar-refractivity contribution in [1.29, 1.82) is 0 Å². The summed E-state index contributed by atoms with van der Waals surface area (Å²) in [6.07, 6.45) is -0.762. The van der Waals surface area contributed by atoms with E-state index in [0.717, 1.165) is 21.2 Å². The van der Waals surface area contributed by atoms with Gasteiger partial charge in [-0.1, -0.05) is 48.8 Å². The number of rotatable bonds is 4. The van der Waals surface area contributed by atoms with Crippen LogP contribution in [0.25, 0.3) is 0 Å². The maximum Gasteiger partial charge on any atom is 0.279 e. The SMILES string of the molecule is Cc1cc(Br)cc(C)c1OC(C)C(=O)NNC(=O)c1ccc(C(C)(C)C)cc1. The molecule has 1 unspecified atom stereocenters. The highest BCUT2D eigenvalue weighted by molar-refractivity contribution is 9.10. The Bertz CT molecular complexity index is 847. The molecule has 2 aromatic rings. The largest absolute Gasteiger partial charge is 0.480 e. The first kappa shape index (κ1) is 22.0. The van der Waals surface area contributed by atoms with Gasteiger partial charge in [0.2, 0.25) is 0 Å². The number of carbonyl (C=O) groups excluding carboxylic acids is 2. The van der Waals surface area contributed by atoms with Crippen molar-refractivity contribution in [2.45, 2.75) is 53.1 Å². The summed E-state index contributed by atoms with van der Waals surface area (Å²) in [6, 6.07) is 11.2. The number of aryl methyl sites for hydroxylation is 2. The monoisotopic (exact) mass is 446 g/mol. The molecule has 150 valence electrons. The Morgan fingerprint density at radius 3 is 2.04 bits per heavy atom. The molecule has 0 spiro atoms. The predicted octanol–water partition coefficient (Wildman–Crippen LogP) is 4.59. The maximum absolute atomic E-state index is 12.3. The number of benzene rings is 2. The summed E-state index contributed by atoms with van der Waals surface area (Å²) >= 11 is 3.44. The van der Waals surface area contributed by atoms with Crippen molar-refractivity contribution in [1.82, 2.24) is 10.9 Å². The first-order valence-electron chi connectivity index (χ1n) is 9.13. The van der Waals surface area contributed by atoms with Crippen molar-refractivity contribution in [3.05, 3.63) is 63.1 Å². The number of hydrogen-bond donors (Lipinski definition) is 2. The Morgan fingerprint density at radius 1 is 1.00 bits per heavy atom. The average molecular weight is 447 g/mol. The smallest absolute Gasteiger partial charge is 0.279 e. The molecular formula is C22H27BrN2O3. The van der Waals surface area contributed by atoms with Crippen LogP contribution < -0.4 is 15.6 Å². The third kappa shape index (κ3) is 5.58. The first-order chi connectivity index (χ1) is 13.0. The van der Waals surface area contributed by atoms with Gasteiger partial charge in [0.05, 0.1) is 0 Å². The molecule has 2 N–H and O–H groups in total. The van der Waals surface area contributed by atoms with E-state index in [4.69, 9.17) is 4.74 Å². The Balaban J connectivity index is 1.95. The van der Waals surface area contributed by atoms with Gasteiger partial charge in [0.1, 0.15) is 5.75 Å². The van der Waals surface area contributed by atoms with Gasteiger partial charge in [-0.15, -0.1) is 0 Å². The molecule has 1 atom stereocenters. The number of amides is 2. The van der Waals surface area contributed by atoms with Gasteiger partial charge in [-0.2, -0.15) is 0 Å². The van der Waals surface area contributed by atoms with E-state index in [9.17, 15) is 9.59 Å². The summed E-state index contributed by atoms with van der Waals surface area (Å²) in [6.45, 7) is 11.8. The number of ether oxygens (including phenoxy) is 1. The minimum atomic E-state index is -0.762. The lowest BCUT2D eigenvalue weighted by atomic mass is 9.87. The van der Waals surface area contributed by atoms with E-state index in [0.29, 0.717) is 11.3 Å². The van der Waals surface area contributed by atoms with E-state index in [2.05, 4.69) is 47.6 Å². The van der Waals surface area contributed by atoms with Gasteiger partial charge in [-0.3, -0.25) is 20.4 Å². The van der Waals surface area contributed by atoms with Crippen molar-refractivity contribution in [3.8, 4) is 5.75 Å². The molecule has 0 aliphatic rings. The van der Waals surface area contributed by atoms with Crippen LogP contribution in [-0.4, -0.2) is 17.9 Å². The van der Waals surface area contributed by atoms with Gasteiger partial charge in [0.25, 0.3) is 11.8 Å². The van der Waals surface area contributed by atoms with E-state index < -0.39 is 12.0 Å². The van der Waals surface area contributed by atoms with Crippen LogP contribution in [0.3, 0.4) is 0 Å². The number of halogens is 1. The lowest BCUT2D eigenvalue weighted by Gasteiger charge is -2.19. The fourth-order valence-corrected chi connectivity index (χ4v) is 3.41. The Kier molecular flexibility index (Phi) is 6.88. The Labute approximate surface area is 175 Å². The molecule has 5 nitrogen and oxygen atoms in total. The zero-order valence-electron chi connectivity index (χ0n) is 17.1. The summed E-state index contributed by atoms with van der Waals surface area (Å²) in [5.74, 6) is -0.145. The van der Waals surface area contributed by atoms with Gasteiger partial charge in [0, 0.05) is 10.0 Å². The molecular weight excluding hydrogens is 420 g/mol. The van der Waals surface area contributed by atoms with Crippen molar-refractivity contribution in [2.24, 2.45) is 0 Å². The van der Waals surface area contributed by atoms with Crippen LogP contribution in [0, 0.1) is 13.8 Å². The molecule has 0 bridgehead atoms. The molecule has 28 heavy (non-hydrogen) atoms. The quantitative estimate of drug-likeness (QED) is 0.674. The molecule has 0 aromatic heterocycles. The second kappa shape index (κ2) is 8.78. The number of hydrogen-bond acceptors (Lipinski definition) is 3. The molecule has 0 radical (unpaired) electrons. The maximum atomic E-state index is 12.3. The van der Waals surface area contributed by atoms with Crippen molar-refractivity contribution >= 4 is 27.7 Å². The molecule has 0 aliphatic carbocycles. The molecule has 2 rings (SSSR count). The van der Waals surface area contributed by atoms with E-state index >= 15 is 0 Å². The molecule has 0 saturated carbocycles. The van der Waals surface area contributed by atoms with Crippen LogP contribution in [0.5, 0.6) is 5.75 Å². The first-order valence-corrected chi connectivity index (χ1v) is 9.92. The molecule has 0 aliphatic heterocycles. The van der Waals surface area contributed by atoms with Gasteiger partial charge in [-0.25, -0.2) is 0 Å². The third-order valence-corrected chi connectivity index (χ3v) is 4.86.